The van der Waals surface area contributed by atoms with Crippen molar-refractivity contribution in [3.63, 3.8) is 0 Å². The molecule has 0 bridgehead atoms. The van der Waals surface area contributed by atoms with Crippen molar-refractivity contribution in [1.82, 2.24) is 5.32 Å². The van der Waals surface area contributed by atoms with Crippen LogP contribution in [0.25, 0.3) is 0 Å². The van der Waals surface area contributed by atoms with E-state index in [2.05, 4.69) is 5.32 Å². The Kier molecular flexibility index (Phi) is 4.40. The molecule has 1 saturated heterocycles. The minimum Gasteiger partial charge on any atom is -0.465 e. The van der Waals surface area contributed by atoms with E-state index < -0.39 is 5.54 Å². The van der Waals surface area contributed by atoms with Crippen molar-refractivity contribution in [3.05, 3.63) is 0 Å². The van der Waals surface area contributed by atoms with Gasteiger partial charge in [0.2, 0.25) is 0 Å². The predicted molar refractivity (Wildman–Crippen MR) is 64.8 cm³/mol. The van der Waals surface area contributed by atoms with Crippen LogP contribution in [0, 0.1) is 0 Å². The van der Waals surface area contributed by atoms with Gasteiger partial charge in [-0.2, -0.15) is 0 Å². The smallest absolute Gasteiger partial charge is 0.328 e. The van der Waals surface area contributed by atoms with Crippen molar-refractivity contribution < 1.29 is 14.3 Å². The van der Waals surface area contributed by atoms with E-state index in [1.165, 1.54) is 25.7 Å². The first kappa shape index (κ1) is 12.8. The molecule has 1 atom stereocenters. The fourth-order valence-electron chi connectivity index (χ4n) is 2.86. The maximum atomic E-state index is 12.1. The summed E-state index contributed by atoms with van der Waals surface area (Å²) < 4.78 is 10.7. The topological polar surface area (TPSA) is 47.6 Å². The Morgan fingerprint density at radius 3 is 2.76 bits per heavy atom. The second kappa shape index (κ2) is 5.83. The molecule has 2 aliphatic rings. The molecule has 98 valence electrons. The summed E-state index contributed by atoms with van der Waals surface area (Å²) in [6.45, 7) is 3.51. The van der Waals surface area contributed by atoms with Gasteiger partial charge in [0.1, 0.15) is 5.54 Å². The summed E-state index contributed by atoms with van der Waals surface area (Å²) in [5, 5.41) is 3.52. The quantitative estimate of drug-likeness (QED) is 0.760. The largest absolute Gasteiger partial charge is 0.465 e. The van der Waals surface area contributed by atoms with Gasteiger partial charge in [-0.25, -0.2) is 4.79 Å². The number of nitrogens with one attached hydrogen (secondary N) is 1. The monoisotopic (exact) mass is 241 g/mol. The number of carbonyl (C=O) groups excluding carboxylic acids is 1. The summed E-state index contributed by atoms with van der Waals surface area (Å²) in [6.07, 6.45) is 6.62. The second-order valence-corrected chi connectivity index (χ2v) is 5.08. The molecule has 1 aliphatic heterocycles. The lowest BCUT2D eigenvalue weighted by Gasteiger charge is -2.37. The Balaban J connectivity index is 2.02. The normalized spacial score (nSPS) is 30.4. The molecule has 1 unspecified atom stereocenters. The molecule has 0 spiro atoms. The maximum absolute atomic E-state index is 12.1. The number of hydrogen-bond acceptors (Lipinski definition) is 4. The molecule has 17 heavy (non-hydrogen) atoms. The first-order valence-corrected chi connectivity index (χ1v) is 6.79. The van der Waals surface area contributed by atoms with Gasteiger partial charge in [-0.15, -0.1) is 0 Å². The molecular formula is C13H23NO3. The van der Waals surface area contributed by atoms with Crippen molar-refractivity contribution in [2.75, 3.05) is 19.8 Å². The predicted octanol–water partition coefficient (Wildman–Crippen LogP) is 1.63. The van der Waals surface area contributed by atoms with E-state index in [1.54, 1.807) is 0 Å². The lowest BCUT2D eigenvalue weighted by Crippen LogP contribution is -2.60. The molecule has 2 fully saturated rings. The Bertz CT molecular complexity index is 255. The third kappa shape index (κ3) is 2.99. The van der Waals surface area contributed by atoms with E-state index in [0.717, 1.165) is 19.4 Å². The molecule has 0 radical (unpaired) electrons. The molecule has 0 amide bonds. The molecule has 0 aromatic heterocycles. The molecule has 1 aliphatic carbocycles. The number of hydrogen-bond donors (Lipinski definition) is 1. The van der Waals surface area contributed by atoms with Crippen LogP contribution in [-0.4, -0.2) is 37.4 Å². The summed E-state index contributed by atoms with van der Waals surface area (Å²) in [7, 11) is 0. The van der Waals surface area contributed by atoms with Gasteiger partial charge in [-0.3, -0.25) is 5.32 Å². The molecular weight excluding hydrogens is 218 g/mol. The van der Waals surface area contributed by atoms with Crippen LogP contribution in [0.5, 0.6) is 0 Å². The van der Waals surface area contributed by atoms with E-state index >= 15 is 0 Å². The molecule has 0 aromatic rings. The van der Waals surface area contributed by atoms with Crippen LogP contribution in [0.15, 0.2) is 0 Å². The van der Waals surface area contributed by atoms with E-state index in [-0.39, 0.29) is 5.97 Å². The fourth-order valence-corrected chi connectivity index (χ4v) is 2.86. The number of ether oxygens (including phenoxy) is 2. The highest BCUT2D eigenvalue weighted by molar-refractivity contribution is 5.81. The SMILES string of the molecule is CCOC(=O)C1(NC2CCCC2)CCCOC1. The highest BCUT2D eigenvalue weighted by Gasteiger charge is 2.43. The van der Waals surface area contributed by atoms with Gasteiger partial charge in [-0.05, 0) is 32.6 Å². The molecule has 1 N–H and O–H groups in total. The van der Waals surface area contributed by atoms with Gasteiger partial charge in [0, 0.05) is 12.6 Å². The van der Waals surface area contributed by atoms with E-state index in [4.69, 9.17) is 9.47 Å². The van der Waals surface area contributed by atoms with E-state index in [0.29, 0.717) is 19.3 Å². The maximum Gasteiger partial charge on any atom is 0.328 e. The second-order valence-electron chi connectivity index (χ2n) is 5.08. The van der Waals surface area contributed by atoms with E-state index in [9.17, 15) is 4.79 Å². The van der Waals surface area contributed by atoms with Crippen LogP contribution < -0.4 is 5.32 Å². The van der Waals surface area contributed by atoms with Crippen LogP contribution in [-0.2, 0) is 14.3 Å². The van der Waals surface area contributed by atoms with Gasteiger partial charge >= 0.3 is 5.97 Å². The van der Waals surface area contributed by atoms with E-state index in [1.807, 2.05) is 6.92 Å². The van der Waals surface area contributed by atoms with Gasteiger partial charge in [0.05, 0.1) is 13.2 Å². The van der Waals surface area contributed by atoms with Gasteiger partial charge in [-0.1, -0.05) is 12.8 Å². The van der Waals surface area contributed by atoms with Crippen LogP contribution in [0.4, 0.5) is 0 Å². The van der Waals surface area contributed by atoms with Crippen molar-refractivity contribution >= 4 is 5.97 Å². The fraction of sp³-hybridized carbons (Fsp3) is 0.923. The summed E-state index contributed by atoms with van der Waals surface area (Å²) in [5.74, 6) is -0.133. The summed E-state index contributed by atoms with van der Waals surface area (Å²) >= 11 is 0. The molecule has 1 heterocycles. The number of esters is 1. The average molecular weight is 241 g/mol. The third-order valence-electron chi connectivity index (χ3n) is 3.74. The highest BCUT2D eigenvalue weighted by Crippen LogP contribution is 2.26. The van der Waals surface area contributed by atoms with Gasteiger partial charge in [0.25, 0.3) is 0 Å². The number of carbonyl (C=O) groups is 1. The highest BCUT2D eigenvalue weighted by atomic mass is 16.5. The molecule has 4 heteroatoms. The summed E-state index contributed by atoms with van der Waals surface area (Å²) in [5.41, 5.74) is -0.580. The van der Waals surface area contributed by atoms with Crippen LogP contribution in [0.1, 0.15) is 45.4 Å². The van der Waals surface area contributed by atoms with Gasteiger partial charge < -0.3 is 9.47 Å². The molecule has 2 rings (SSSR count). The molecule has 4 nitrogen and oxygen atoms in total. The zero-order valence-corrected chi connectivity index (χ0v) is 10.7. The molecule has 0 aromatic carbocycles. The minimum atomic E-state index is -0.580. The van der Waals surface area contributed by atoms with Crippen LogP contribution >= 0.6 is 0 Å². The zero-order chi connectivity index (χ0) is 12.1. The Labute approximate surface area is 103 Å². The summed E-state index contributed by atoms with van der Waals surface area (Å²) in [6, 6.07) is 0.459. The Morgan fingerprint density at radius 2 is 2.18 bits per heavy atom. The Morgan fingerprint density at radius 1 is 1.41 bits per heavy atom. The third-order valence-corrected chi connectivity index (χ3v) is 3.74. The first-order valence-electron chi connectivity index (χ1n) is 6.79. The average Bonchev–Trinajstić information content (AvgIpc) is 2.83. The van der Waals surface area contributed by atoms with Crippen molar-refractivity contribution in [2.45, 2.75) is 57.0 Å². The number of rotatable bonds is 4. The minimum absolute atomic E-state index is 0.133. The lowest BCUT2D eigenvalue weighted by atomic mass is 9.91. The summed E-state index contributed by atoms with van der Waals surface area (Å²) in [4.78, 5) is 12.1. The lowest BCUT2D eigenvalue weighted by molar-refractivity contribution is -0.157. The van der Waals surface area contributed by atoms with Gasteiger partial charge in [0.15, 0.2) is 0 Å². The van der Waals surface area contributed by atoms with Crippen molar-refractivity contribution in [3.8, 4) is 0 Å². The van der Waals surface area contributed by atoms with Crippen molar-refractivity contribution in [2.24, 2.45) is 0 Å². The first-order chi connectivity index (χ1) is 8.27. The van der Waals surface area contributed by atoms with Crippen LogP contribution in [0.2, 0.25) is 0 Å². The Hall–Kier alpha value is -0.610. The van der Waals surface area contributed by atoms with Crippen molar-refractivity contribution in [1.29, 1.82) is 0 Å². The molecule has 1 saturated carbocycles. The standard InChI is InChI=1S/C13H23NO3/c1-2-17-12(15)13(8-5-9-16-10-13)14-11-6-3-4-7-11/h11,14H,2-10H2,1H3. The van der Waals surface area contributed by atoms with Crippen LogP contribution in [0.3, 0.4) is 0 Å². The zero-order valence-electron chi connectivity index (χ0n) is 10.7.